The zero-order valence-corrected chi connectivity index (χ0v) is 12.9. The molecule has 116 valence electrons. The monoisotopic (exact) mass is 293 g/mol. The van der Waals surface area contributed by atoms with Gasteiger partial charge < -0.3 is 14.4 Å². The molecule has 0 radical (unpaired) electrons. The Balaban J connectivity index is 2.42. The smallest absolute Gasteiger partial charge is 0.307 e. The summed E-state index contributed by atoms with van der Waals surface area (Å²) < 4.78 is 10.2. The molecule has 0 saturated heterocycles. The summed E-state index contributed by atoms with van der Waals surface area (Å²) in [5.74, 6) is 0.492. The van der Waals surface area contributed by atoms with Crippen LogP contribution in [0, 0.1) is 0 Å². The molecule has 1 amide bonds. The number of ether oxygens (including phenoxy) is 2. The quantitative estimate of drug-likeness (QED) is 0.688. The van der Waals surface area contributed by atoms with Crippen molar-refractivity contribution in [3.05, 3.63) is 29.8 Å². The minimum atomic E-state index is -0.279. The van der Waals surface area contributed by atoms with Crippen LogP contribution in [0.3, 0.4) is 0 Å². The second-order valence-electron chi connectivity index (χ2n) is 4.62. The third-order valence-corrected chi connectivity index (χ3v) is 2.97. The van der Waals surface area contributed by atoms with Gasteiger partial charge in [-0.1, -0.05) is 12.1 Å². The highest BCUT2D eigenvalue weighted by Gasteiger charge is 2.12. The zero-order valence-electron chi connectivity index (χ0n) is 12.9. The summed E-state index contributed by atoms with van der Waals surface area (Å²) in [6.45, 7) is 5.04. The lowest BCUT2D eigenvalue weighted by molar-refractivity contribution is -0.143. The highest BCUT2D eigenvalue weighted by molar-refractivity contribution is 5.79. The highest BCUT2D eigenvalue weighted by atomic mass is 16.5. The van der Waals surface area contributed by atoms with E-state index in [1.807, 2.05) is 31.2 Å². The molecule has 0 bridgehead atoms. The molecular formula is C16H23NO4. The van der Waals surface area contributed by atoms with Gasteiger partial charge in [0.25, 0.3) is 0 Å². The minimum Gasteiger partial charge on any atom is -0.494 e. The Morgan fingerprint density at radius 1 is 1.10 bits per heavy atom. The molecule has 5 heteroatoms. The molecule has 0 spiro atoms. The standard InChI is InChI=1S/C16H23NO4/c1-4-20-14-8-6-13(7-9-14)12-15(18)17(3)11-10-16(19)21-5-2/h6-9H,4-5,10-12H2,1-3H3. The highest BCUT2D eigenvalue weighted by Crippen LogP contribution is 2.13. The third kappa shape index (κ3) is 6.29. The fourth-order valence-electron chi connectivity index (χ4n) is 1.80. The normalized spacial score (nSPS) is 10.0. The van der Waals surface area contributed by atoms with Crippen LogP contribution in [0.1, 0.15) is 25.8 Å². The lowest BCUT2D eigenvalue weighted by Crippen LogP contribution is -2.30. The van der Waals surface area contributed by atoms with Gasteiger partial charge in [-0.25, -0.2) is 0 Å². The van der Waals surface area contributed by atoms with Gasteiger partial charge in [0, 0.05) is 13.6 Å². The van der Waals surface area contributed by atoms with Crippen molar-refractivity contribution in [2.24, 2.45) is 0 Å². The van der Waals surface area contributed by atoms with Crippen LogP contribution in [0.25, 0.3) is 0 Å². The van der Waals surface area contributed by atoms with E-state index in [1.54, 1.807) is 18.9 Å². The Hall–Kier alpha value is -2.04. The minimum absolute atomic E-state index is 0.0246. The van der Waals surface area contributed by atoms with Crippen molar-refractivity contribution >= 4 is 11.9 Å². The van der Waals surface area contributed by atoms with Crippen LogP contribution < -0.4 is 4.74 Å². The largest absolute Gasteiger partial charge is 0.494 e. The second-order valence-corrected chi connectivity index (χ2v) is 4.62. The molecular weight excluding hydrogens is 270 g/mol. The van der Waals surface area contributed by atoms with Gasteiger partial charge in [-0.2, -0.15) is 0 Å². The maximum atomic E-state index is 12.0. The Morgan fingerprint density at radius 3 is 2.33 bits per heavy atom. The molecule has 0 saturated carbocycles. The first-order valence-electron chi connectivity index (χ1n) is 7.18. The van der Waals surface area contributed by atoms with Gasteiger partial charge in [-0.3, -0.25) is 9.59 Å². The fourth-order valence-corrected chi connectivity index (χ4v) is 1.80. The summed E-state index contributed by atoms with van der Waals surface area (Å²) in [6, 6.07) is 7.46. The first-order valence-corrected chi connectivity index (χ1v) is 7.18. The first-order chi connectivity index (χ1) is 10.1. The van der Waals surface area contributed by atoms with Gasteiger partial charge in [0.15, 0.2) is 0 Å². The molecule has 0 fully saturated rings. The molecule has 21 heavy (non-hydrogen) atoms. The van der Waals surface area contributed by atoms with Crippen molar-refractivity contribution in [3.8, 4) is 5.75 Å². The van der Waals surface area contributed by atoms with E-state index < -0.39 is 0 Å². The number of hydrogen-bond acceptors (Lipinski definition) is 4. The van der Waals surface area contributed by atoms with E-state index in [1.165, 1.54) is 0 Å². The molecule has 0 aliphatic heterocycles. The lowest BCUT2D eigenvalue weighted by atomic mass is 10.1. The molecule has 0 unspecified atom stereocenters. The predicted molar refractivity (Wildman–Crippen MR) is 80.2 cm³/mol. The molecule has 0 N–H and O–H groups in total. The molecule has 0 atom stereocenters. The number of esters is 1. The third-order valence-electron chi connectivity index (χ3n) is 2.97. The Morgan fingerprint density at radius 2 is 1.76 bits per heavy atom. The van der Waals surface area contributed by atoms with E-state index in [0.29, 0.717) is 26.2 Å². The number of rotatable bonds is 8. The number of carbonyl (C=O) groups excluding carboxylic acids is 2. The molecule has 1 aromatic carbocycles. The number of carbonyl (C=O) groups is 2. The van der Waals surface area contributed by atoms with Crippen molar-refractivity contribution in [3.63, 3.8) is 0 Å². The predicted octanol–water partition coefficient (Wildman–Crippen LogP) is 2.04. The first kappa shape index (κ1) is 17.0. The number of likely N-dealkylation sites (N-methyl/N-ethyl adjacent to an activating group) is 1. The molecule has 1 aromatic rings. The summed E-state index contributed by atoms with van der Waals surface area (Å²) >= 11 is 0. The molecule has 0 aliphatic rings. The second kappa shape index (κ2) is 9.00. The Kier molecular flexibility index (Phi) is 7.29. The molecule has 0 heterocycles. The topological polar surface area (TPSA) is 55.8 Å². The number of amides is 1. The van der Waals surface area contributed by atoms with E-state index in [4.69, 9.17) is 9.47 Å². The molecule has 0 aliphatic carbocycles. The number of nitrogens with zero attached hydrogens (tertiary/aromatic N) is 1. The van der Waals surface area contributed by atoms with Crippen LogP contribution in [0.15, 0.2) is 24.3 Å². The van der Waals surface area contributed by atoms with Gasteiger partial charge in [0.2, 0.25) is 5.91 Å². The van der Waals surface area contributed by atoms with E-state index in [2.05, 4.69) is 0 Å². The maximum Gasteiger partial charge on any atom is 0.307 e. The average molecular weight is 293 g/mol. The van der Waals surface area contributed by atoms with Crippen molar-refractivity contribution in [2.45, 2.75) is 26.7 Å². The van der Waals surface area contributed by atoms with E-state index in [0.717, 1.165) is 11.3 Å². The average Bonchev–Trinajstić information content (AvgIpc) is 2.47. The van der Waals surface area contributed by atoms with Gasteiger partial charge in [-0.05, 0) is 31.5 Å². The van der Waals surface area contributed by atoms with Gasteiger partial charge >= 0.3 is 5.97 Å². The van der Waals surface area contributed by atoms with Crippen LogP contribution in [-0.4, -0.2) is 43.6 Å². The van der Waals surface area contributed by atoms with Crippen molar-refractivity contribution in [1.82, 2.24) is 4.90 Å². The molecule has 0 aromatic heterocycles. The van der Waals surface area contributed by atoms with E-state index in [-0.39, 0.29) is 18.3 Å². The summed E-state index contributed by atoms with van der Waals surface area (Å²) in [6.07, 6.45) is 0.533. The molecule has 1 rings (SSSR count). The van der Waals surface area contributed by atoms with Crippen LogP contribution in [0.4, 0.5) is 0 Å². The SMILES string of the molecule is CCOC(=O)CCN(C)C(=O)Cc1ccc(OCC)cc1. The van der Waals surface area contributed by atoms with Gasteiger partial charge in [-0.15, -0.1) is 0 Å². The summed E-state index contributed by atoms with van der Waals surface area (Å²) in [5, 5.41) is 0. The van der Waals surface area contributed by atoms with Gasteiger partial charge in [0.1, 0.15) is 5.75 Å². The Bertz CT molecular complexity index is 456. The van der Waals surface area contributed by atoms with Crippen molar-refractivity contribution in [2.75, 3.05) is 26.8 Å². The van der Waals surface area contributed by atoms with Crippen LogP contribution >= 0.6 is 0 Å². The fraction of sp³-hybridized carbons (Fsp3) is 0.500. The summed E-state index contributed by atoms with van der Waals surface area (Å²) in [7, 11) is 1.69. The summed E-state index contributed by atoms with van der Waals surface area (Å²) in [4.78, 5) is 24.8. The maximum absolute atomic E-state index is 12.0. The van der Waals surface area contributed by atoms with Gasteiger partial charge in [0.05, 0.1) is 26.1 Å². The van der Waals surface area contributed by atoms with Crippen molar-refractivity contribution in [1.29, 1.82) is 0 Å². The number of benzene rings is 1. The summed E-state index contributed by atoms with van der Waals surface area (Å²) in [5.41, 5.74) is 0.923. The van der Waals surface area contributed by atoms with E-state index >= 15 is 0 Å². The number of hydrogen-bond donors (Lipinski definition) is 0. The van der Waals surface area contributed by atoms with Crippen LogP contribution in [0.2, 0.25) is 0 Å². The van der Waals surface area contributed by atoms with Crippen LogP contribution in [-0.2, 0) is 20.7 Å². The van der Waals surface area contributed by atoms with Crippen LogP contribution in [0.5, 0.6) is 5.75 Å². The molecule has 5 nitrogen and oxygen atoms in total. The lowest BCUT2D eigenvalue weighted by Gasteiger charge is -2.16. The van der Waals surface area contributed by atoms with E-state index in [9.17, 15) is 9.59 Å². The zero-order chi connectivity index (χ0) is 15.7. The Labute approximate surface area is 125 Å². The van der Waals surface area contributed by atoms with Crippen molar-refractivity contribution < 1.29 is 19.1 Å².